The van der Waals surface area contributed by atoms with Gasteiger partial charge in [0.15, 0.2) is 5.11 Å². The SMILES string of the molecule is Cc1cc(C=C2C(=O)NC(=S)N(c3ccccc3)C2=O)c(C)n1-c1ccc([N+](=O)[O-])cc1. The molecule has 0 saturated carbocycles. The molecule has 160 valence electrons. The van der Waals surface area contributed by atoms with Crippen LogP contribution in [0.25, 0.3) is 11.8 Å². The van der Waals surface area contributed by atoms with Gasteiger partial charge in [-0.3, -0.25) is 29.9 Å². The molecule has 1 fully saturated rings. The predicted molar refractivity (Wildman–Crippen MR) is 125 cm³/mol. The number of rotatable bonds is 4. The average molecular weight is 446 g/mol. The predicted octanol–water partition coefficient (Wildman–Crippen LogP) is 3.83. The molecule has 4 rings (SSSR count). The first-order valence-electron chi connectivity index (χ1n) is 9.68. The summed E-state index contributed by atoms with van der Waals surface area (Å²) in [4.78, 5) is 37.5. The van der Waals surface area contributed by atoms with Crippen molar-refractivity contribution < 1.29 is 14.5 Å². The van der Waals surface area contributed by atoms with E-state index in [0.29, 0.717) is 11.3 Å². The summed E-state index contributed by atoms with van der Waals surface area (Å²) in [6, 6.07) is 16.9. The normalized spacial score (nSPS) is 15.2. The molecule has 2 amide bonds. The Morgan fingerprint density at radius 3 is 2.28 bits per heavy atom. The average Bonchev–Trinajstić information content (AvgIpc) is 3.04. The van der Waals surface area contributed by atoms with Crippen molar-refractivity contribution in [2.75, 3.05) is 4.90 Å². The number of non-ortho nitro benzene ring substituents is 1. The van der Waals surface area contributed by atoms with Gasteiger partial charge in [0.05, 0.1) is 10.6 Å². The summed E-state index contributed by atoms with van der Waals surface area (Å²) in [5.74, 6) is -1.07. The largest absolute Gasteiger partial charge is 0.318 e. The number of aryl methyl sites for hydroxylation is 1. The molecule has 3 aromatic rings. The van der Waals surface area contributed by atoms with Gasteiger partial charge in [0, 0.05) is 29.2 Å². The van der Waals surface area contributed by atoms with Gasteiger partial charge in [0.2, 0.25) is 0 Å². The van der Waals surface area contributed by atoms with E-state index in [1.807, 2.05) is 30.5 Å². The van der Waals surface area contributed by atoms with Gasteiger partial charge in [-0.2, -0.15) is 0 Å². The van der Waals surface area contributed by atoms with Gasteiger partial charge in [-0.15, -0.1) is 0 Å². The van der Waals surface area contributed by atoms with Crippen LogP contribution in [-0.2, 0) is 9.59 Å². The van der Waals surface area contributed by atoms with Crippen LogP contribution in [0.1, 0.15) is 17.0 Å². The van der Waals surface area contributed by atoms with Crippen LogP contribution in [0.5, 0.6) is 0 Å². The van der Waals surface area contributed by atoms with Crippen LogP contribution in [0.15, 0.2) is 66.2 Å². The van der Waals surface area contributed by atoms with Gasteiger partial charge >= 0.3 is 0 Å². The van der Waals surface area contributed by atoms with E-state index in [-0.39, 0.29) is 16.4 Å². The first-order chi connectivity index (χ1) is 15.3. The monoisotopic (exact) mass is 446 g/mol. The third-order valence-electron chi connectivity index (χ3n) is 5.20. The Morgan fingerprint density at radius 1 is 1.00 bits per heavy atom. The molecule has 0 unspecified atom stereocenters. The second kappa shape index (κ2) is 8.20. The minimum atomic E-state index is -0.563. The number of carbonyl (C=O) groups excluding carboxylic acids is 2. The summed E-state index contributed by atoms with van der Waals surface area (Å²) in [6.45, 7) is 3.73. The Kier molecular flexibility index (Phi) is 5.41. The summed E-state index contributed by atoms with van der Waals surface area (Å²) in [5, 5.41) is 13.5. The lowest BCUT2D eigenvalue weighted by Crippen LogP contribution is -2.54. The van der Waals surface area contributed by atoms with Crippen molar-refractivity contribution >= 4 is 46.6 Å². The van der Waals surface area contributed by atoms with Crippen molar-refractivity contribution in [1.29, 1.82) is 0 Å². The fraction of sp³-hybridized carbons (Fsp3) is 0.0870. The number of benzene rings is 2. The Bertz CT molecular complexity index is 1290. The number of para-hydroxylation sites is 1. The maximum Gasteiger partial charge on any atom is 0.270 e. The second-order valence-electron chi connectivity index (χ2n) is 7.23. The molecule has 8 nitrogen and oxygen atoms in total. The zero-order valence-electron chi connectivity index (χ0n) is 17.2. The summed E-state index contributed by atoms with van der Waals surface area (Å²) < 4.78 is 1.90. The maximum absolute atomic E-state index is 13.2. The minimum absolute atomic E-state index is 0.000000501. The van der Waals surface area contributed by atoms with Crippen LogP contribution in [0.4, 0.5) is 11.4 Å². The molecular formula is C23H18N4O4S. The highest BCUT2D eigenvalue weighted by atomic mass is 32.1. The highest BCUT2D eigenvalue weighted by Crippen LogP contribution is 2.26. The van der Waals surface area contributed by atoms with Gasteiger partial charge in [0.25, 0.3) is 17.5 Å². The van der Waals surface area contributed by atoms with Crippen molar-refractivity contribution in [1.82, 2.24) is 9.88 Å². The van der Waals surface area contributed by atoms with Crippen molar-refractivity contribution in [2.24, 2.45) is 0 Å². The quantitative estimate of drug-likeness (QED) is 0.216. The molecule has 2 aromatic carbocycles. The van der Waals surface area contributed by atoms with E-state index >= 15 is 0 Å². The van der Waals surface area contributed by atoms with Crippen molar-refractivity contribution in [2.45, 2.75) is 13.8 Å². The molecule has 32 heavy (non-hydrogen) atoms. The lowest BCUT2D eigenvalue weighted by Gasteiger charge is -2.28. The third-order valence-corrected chi connectivity index (χ3v) is 5.49. The van der Waals surface area contributed by atoms with Gasteiger partial charge in [-0.1, -0.05) is 18.2 Å². The molecule has 1 aromatic heterocycles. The van der Waals surface area contributed by atoms with Gasteiger partial charge in [-0.05, 0) is 68.0 Å². The molecule has 1 saturated heterocycles. The van der Waals surface area contributed by atoms with E-state index in [0.717, 1.165) is 17.1 Å². The Labute approximate surface area is 188 Å². The Morgan fingerprint density at radius 2 is 1.66 bits per heavy atom. The van der Waals surface area contributed by atoms with Crippen molar-refractivity contribution in [3.63, 3.8) is 0 Å². The fourth-order valence-electron chi connectivity index (χ4n) is 3.68. The van der Waals surface area contributed by atoms with E-state index in [4.69, 9.17) is 12.2 Å². The molecule has 1 N–H and O–H groups in total. The van der Waals surface area contributed by atoms with E-state index in [9.17, 15) is 19.7 Å². The number of amides is 2. The molecule has 1 aliphatic rings. The highest BCUT2D eigenvalue weighted by molar-refractivity contribution is 7.80. The molecule has 1 aliphatic heterocycles. The molecule has 2 heterocycles. The zero-order valence-corrected chi connectivity index (χ0v) is 18.1. The summed E-state index contributed by atoms with van der Waals surface area (Å²) in [5.41, 5.74) is 3.57. The van der Waals surface area contributed by atoms with Crippen LogP contribution in [-0.4, -0.2) is 26.4 Å². The second-order valence-corrected chi connectivity index (χ2v) is 7.62. The number of nitrogens with zero attached hydrogens (tertiary/aromatic N) is 3. The van der Waals surface area contributed by atoms with Crippen molar-refractivity contribution in [3.8, 4) is 5.69 Å². The van der Waals surface area contributed by atoms with Gasteiger partial charge in [-0.25, -0.2) is 0 Å². The summed E-state index contributed by atoms with van der Waals surface area (Å²) >= 11 is 5.22. The number of hydrogen-bond donors (Lipinski definition) is 1. The topological polar surface area (TPSA) is 97.5 Å². The van der Waals surface area contributed by atoms with Crippen LogP contribution in [0, 0.1) is 24.0 Å². The van der Waals surface area contributed by atoms with Crippen LogP contribution in [0.3, 0.4) is 0 Å². The molecule has 0 bridgehead atoms. The molecule has 0 radical (unpaired) electrons. The van der Waals surface area contributed by atoms with E-state index < -0.39 is 16.7 Å². The van der Waals surface area contributed by atoms with Crippen molar-refractivity contribution in [3.05, 3.63) is 93.3 Å². The number of nitro benzene ring substituents is 1. The van der Waals surface area contributed by atoms with Gasteiger partial charge < -0.3 is 4.57 Å². The summed E-state index contributed by atoms with van der Waals surface area (Å²) in [6.07, 6.45) is 1.54. The van der Waals surface area contributed by atoms with E-state index in [1.54, 1.807) is 42.5 Å². The number of carbonyl (C=O) groups is 2. The number of anilines is 1. The molecule has 0 atom stereocenters. The Hall–Kier alpha value is -4.11. The third kappa shape index (κ3) is 3.69. The van der Waals surface area contributed by atoms with Crippen LogP contribution < -0.4 is 10.2 Å². The number of nitro groups is 1. The maximum atomic E-state index is 13.2. The first-order valence-corrected chi connectivity index (χ1v) is 10.1. The first kappa shape index (κ1) is 21.1. The smallest absolute Gasteiger partial charge is 0.270 e. The zero-order chi connectivity index (χ0) is 23.0. The lowest BCUT2D eigenvalue weighted by molar-refractivity contribution is -0.384. The van der Waals surface area contributed by atoms with Crippen LogP contribution >= 0.6 is 12.2 Å². The number of nitrogens with one attached hydrogen (secondary N) is 1. The van der Waals surface area contributed by atoms with Crippen LogP contribution in [0.2, 0.25) is 0 Å². The molecule has 0 spiro atoms. The minimum Gasteiger partial charge on any atom is -0.318 e. The van der Waals surface area contributed by atoms with Gasteiger partial charge in [0.1, 0.15) is 5.57 Å². The van der Waals surface area contributed by atoms with E-state index in [1.165, 1.54) is 17.0 Å². The number of aromatic nitrogens is 1. The summed E-state index contributed by atoms with van der Waals surface area (Å²) in [7, 11) is 0. The van der Waals surface area contributed by atoms with E-state index in [2.05, 4.69) is 5.32 Å². The number of hydrogen-bond acceptors (Lipinski definition) is 5. The number of thiocarbonyl (C=S) groups is 1. The molecular weight excluding hydrogens is 428 g/mol. The standard InChI is InChI=1S/C23H18N4O4S/c1-14-12-16(15(2)25(14)18-8-10-19(11-9-18)27(30)31)13-20-21(28)24-23(32)26(22(20)29)17-6-4-3-5-7-17/h3-13H,1-2H3,(H,24,28,32). The highest BCUT2D eigenvalue weighted by Gasteiger charge is 2.34. The molecule has 0 aliphatic carbocycles. The molecule has 9 heteroatoms. The Balaban J connectivity index is 1.74. The lowest BCUT2D eigenvalue weighted by atomic mass is 10.1. The fourth-order valence-corrected chi connectivity index (χ4v) is 3.96.